The molecule has 110 valence electrons. The number of likely N-dealkylation sites (N-methyl/N-ethyl adjacent to an activating group) is 1. The van der Waals surface area contributed by atoms with E-state index in [4.69, 9.17) is 0 Å². The third-order valence-corrected chi connectivity index (χ3v) is 5.47. The lowest BCUT2D eigenvalue weighted by Crippen LogP contribution is -2.41. The van der Waals surface area contributed by atoms with Gasteiger partial charge in [0.25, 0.3) is 0 Å². The molecule has 0 aliphatic carbocycles. The van der Waals surface area contributed by atoms with Crippen LogP contribution >= 0.6 is 0 Å². The number of rotatable bonds is 5. The maximum absolute atomic E-state index is 3.76. The molecule has 0 spiro atoms. The lowest BCUT2D eigenvalue weighted by molar-refractivity contribution is 0.181. The highest BCUT2D eigenvalue weighted by atomic mass is 15.2. The van der Waals surface area contributed by atoms with Crippen LogP contribution in [0, 0.1) is 5.92 Å². The fourth-order valence-corrected chi connectivity index (χ4v) is 4.58. The van der Waals surface area contributed by atoms with E-state index in [-0.39, 0.29) is 0 Å². The summed E-state index contributed by atoms with van der Waals surface area (Å²) in [5, 5.41) is 3.76. The van der Waals surface area contributed by atoms with Crippen LogP contribution in [0.3, 0.4) is 0 Å². The van der Waals surface area contributed by atoms with Gasteiger partial charge < -0.3 is 10.2 Å². The van der Waals surface area contributed by atoms with Crippen molar-refractivity contribution in [2.45, 2.75) is 63.1 Å². The molecule has 0 radical (unpaired) electrons. The van der Waals surface area contributed by atoms with Crippen LogP contribution in [-0.2, 0) is 0 Å². The second kappa shape index (κ2) is 6.11. The van der Waals surface area contributed by atoms with Crippen molar-refractivity contribution in [3.05, 3.63) is 0 Å². The highest BCUT2D eigenvalue weighted by Gasteiger charge is 2.34. The van der Waals surface area contributed by atoms with E-state index in [9.17, 15) is 0 Å². The van der Waals surface area contributed by atoms with E-state index in [1.807, 2.05) is 0 Å². The molecule has 3 saturated heterocycles. The van der Waals surface area contributed by atoms with Gasteiger partial charge in [-0.15, -0.1) is 0 Å². The lowest BCUT2D eigenvalue weighted by atomic mass is 9.89. The maximum Gasteiger partial charge on any atom is 0.0223 e. The third-order valence-electron chi connectivity index (χ3n) is 5.47. The van der Waals surface area contributed by atoms with E-state index >= 15 is 0 Å². The van der Waals surface area contributed by atoms with E-state index in [0.717, 1.165) is 24.0 Å². The van der Waals surface area contributed by atoms with Gasteiger partial charge in [-0.05, 0) is 78.0 Å². The van der Waals surface area contributed by atoms with Gasteiger partial charge in [-0.3, -0.25) is 4.90 Å². The van der Waals surface area contributed by atoms with Crippen molar-refractivity contribution < 1.29 is 0 Å². The minimum Gasteiger partial charge on any atom is -0.311 e. The minimum absolute atomic E-state index is 0.827. The summed E-state index contributed by atoms with van der Waals surface area (Å²) in [4.78, 5) is 5.12. The van der Waals surface area contributed by atoms with Crippen molar-refractivity contribution in [2.75, 3.05) is 33.7 Å². The topological polar surface area (TPSA) is 18.5 Å². The first-order valence-electron chi connectivity index (χ1n) is 8.35. The molecule has 3 unspecified atom stereocenters. The first-order chi connectivity index (χ1) is 9.20. The van der Waals surface area contributed by atoms with E-state index in [2.05, 4.69) is 29.2 Å². The van der Waals surface area contributed by atoms with E-state index < -0.39 is 0 Å². The normalized spacial score (nSPS) is 39.3. The zero-order chi connectivity index (χ0) is 13.2. The number of nitrogens with zero attached hydrogens (tertiary/aromatic N) is 2. The molecule has 0 aromatic carbocycles. The molecule has 1 N–H and O–H groups in total. The number of likely N-dealkylation sites (tertiary alicyclic amines) is 1. The van der Waals surface area contributed by atoms with Crippen molar-refractivity contribution in [3.8, 4) is 0 Å². The molecule has 3 heterocycles. The van der Waals surface area contributed by atoms with Gasteiger partial charge in [0.1, 0.15) is 0 Å². The van der Waals surface area contributed by atoms with Crippen LogP contribution in [0.2, 0.25) is 0 Å². The Morgan fingerprint density at radius 1 is 1.11 bits per heavy atom. The summed E-state index contributed by atoms with van der Waals surface area (Å²) in [6.45, 7) is 3.94. The second-order valence-corrected chi connectivity index (χ2v) is 7.36. The highest BCUT2D eigenvalue weighted by molar-refractivity contribution is 4.92. The average molecular weight is 265 g/mol. The smallest absolute Gasteiger partial charge is 0.0223 e. The summed E-state index contributed by atoms with van der Waals surface area (Å²) in [6.07, 6.45) is 10.0. The van der Waals surface area contributed by atoms with Gasteiger partial charge in [-0.1, -0.05) is 0 Å². The predicted molar refractivity (Wildman–Crippen MR) is 80.4 cm³/mol. The van der Waals surface area contributed by atoms with Gasteiger partial charge in [0, 0.05) is 24.7 Å². The molecule has 3 aliphatic heterocycles. The zero-order valence-electron chi connectivity index (χ0n) is 12.8. The number of hydrogen-bond donors (Lipinski definition) is 1. The SMILES string of the molecule is CN(C)CC1CCCN1CCC1CC2CCC(C1)N2. The Balaban J connectivity index is 1.44. The Morgan fingerprint density at radius 2 is 1.84 bits per heavy atom. The fraction of sp³-hybridized carbons (Fsp3) is 1.00. The molecule has 3 nitrogen and oxygen atoms in total. The molecule has 3 atom stereocenters. The van der Waals surface area contributed by atoms with Crippen LogP contribution in [0.5, 0.6) is 0 Å². The Hall–Kier alpha value is -0.120. The summed E-state index contributed by atoms with van der Waals surface area (Å²) < 4.78 is 0. The van der Waals surface area contributed by atoms with Crippen LogP contribution < -0.4 is 5.32 Å². The van der Waals surface area contributed by atoms with E-state index in [0.29, 0.717) is 0 Å². The number of hydrogen-bond acceptors (Lipinski definition) is 3. The Labute approximate surface area is 118 Å². The molecular weight excluding hydrogens is 234 g/mol. The van der Waals surface area contributed by atoms with Crippen LogP contribution in [-0.4, -0.2) is 61.7 Å². The van der Waals surface area contributed by atoms with Crippen LogP contribution in [0.25, 0.3) is 0 Å². The van der Waals surface area contributed by atoms with E-state index in [1.165, 1.54) is 64.6 Å². The fourth-order valence-electron chi connectivity index (χ4n) is 4.58. The first-order valence-corrected chi connectivity index (χ1v) is 8.35. The summed E-state index contributed by atoms with van der Waals surface area (Å²) >= 11 is 0. The predicted octanol–water partition coefficient (Wildman–Crippen LogP) is 1.93. The maximum atomic E-state index is 3.76. The molecular formula is C16H31N3. The quantitative estimate of drug-likeness (QED) is 0.819. The molecule has 19 heavy (non-hydrogen) atoms. The molecule has 3 heteroatoms. The summed E-state index contributed by atoms with van der Waals surface area (Å²) in [5.74, 6) is 0.999. The zero-order valence-corrected chi connectivity index (χ0v) is 12.8. The number of nitrogens with one attached hydrogen (secondary N) is 1. The van der Waals surface area contributed by atoms with Gasteiger partial charge in [0.15, 0.2) is 0 Å². The van der Waals surface area contributed by atoms with Gasteiger partial charge in [0.2, 0.25) is 0 Å². The Morgan fingerprint density at radius 3 is 2.53 bits per heavy atom. The number of fused-ring (bicyclic) bond motifs is 2. The van der Waals surface area contributed by atoms with Crippen molar-refractivity contribution in [1.29, 1.82) is 0 Å². The van der Waals surface area contributed by atoms with Crippen molar-refractivity contribution in [2.24, 2.45) is 5.92 Å². The van der Waals surface area contributed by atoms with Crippen LogP contribution in [0.15, 0.2) is 0 Å². The Kier molecular flexibility index (Phi) is 4.45. The van der Waals surface area contributed by atoms with Gasteiger partial charge in [0.05, 0.1) is 0 Å². The summed E-state index contributed by atoms with van der Waals surface area (Å²) in [7, 11) is 4.42. The molecule has 0 amide bonds. The largest absolute Gasteiger partial charge is 0.311 e. The van der Waals surface area contributed by atoms with Gasteiger partial charge >= 0.3 is 0 Å². The summed E-state index contributed by atoms with van der Waals surface area (Å²) in [5.41, 5.74) is 0. The highest BCUT2D eigenvalue weighted by Crippen LogP contribution is 2.33. The monoisotopic (exact) mass is 265 g/mol. The lowest BCUT2D eigenvalue weighted by Gasteiger charge is -2.32. The van der Waals surface area contributed by atoms with Crippen molar-refractivity contribution >= 4 is 0 Å². The van der Waals surface area contributed by atoms with Crippen LogP contribution in [0.4, 0.5) is 0 Å². The van der Waals surface area contributed by atoms with Crippen molar-refractivity contribution in [3.63, 3.8) is 0 Å². The third kappa shape index (κ3) is 3.50. The standard InChI is InChI=1S/C16H31N3/c1-18(2)12-16-4-3-8-19(16)9-7-13-10-14-5-6-15(11-13)17-14/h13-17H,3-12H2,1-2H3. The van der Waals surface area contributed by atoms with Gasteiger partial charge in [-0.25, -0.2) is 0 Å². The van der Waals surface area contributed by atoms with Gasteiger partial charge in [-0.2, -0.15) is 0 Å². The minimum atomic E-state index is 0.827. The number of piperidine rings is 1. The van der Waals surface area contributed by atoms with E-state index in [1.54, 1.807) is 0 Å². The van der Waals surface area contributed by atoms with Crippen LogP contribution in [0.1, 0.15) is 44.9 Å². The van der Waals surface area contributed by atoms with Crippen molar-refractivity contribution in [1.82, 2.24) is 15.1 Å². The first kappa shape index (κ1) is 13.8. The summed E-state index contributed by atoms with van der Waals surface area (Å²) in [6, 6.07) is 2.55. The molecule has 0 saturated carbocycles. The Bertz CT molecular complexity index is 280. The average Bonchev–Trinajstić information content (AvgIpc) is 2.93. The molecule has 3 fully saturated rings. The molecule has 0 aromatic heterocycles. The molecule has 2 bridgehead atoms. The molecule has 3 rings (SSSR count). The molecule has 0 aromatic rings. The second-order valence-electron chi connectivity index (χ2n) is 7.36. The molecule has 3 aliphatic rings.